The lowest BCUT2D eigenvalue weighted by atomic mass is 10.2. The number of methoxy groups -OCH3 is 1. The Morgan fingerprint density at radius 1 is 1.13 bits per heavy atom. The number of sulfonamides is 1. The largest absolute Gasteiger partial charge is 0.497 e. The number of rotatable bonds is 7. The minimum Gasteiger partial charge on any atom is -0.497 e. The highest BCUT2D eigenvalue weighted by Gasteiger charge is 2.29. The van der Waals surface area contributed by atoms with Crippen LogP contribution in [0.2, 0.25) is 0 Å². The van der Waals surface area contributed by atoms with Crippen molar-refractivity contribution < 1.29 is 17.9 Å². The summed E-state index contributed by atoms with van der Waals surface area (Å²) in [6.45, 7) is 0. The van der Waals surface area contributed by atoms with Crippen molar-refractivity contribution in [2.24, 2.45) is 4.40 Å². The maximum atomic E-state index is 12.1. The number of amides is 1. The summed E-state index contributed by atoms with van der Waals surface area (Å²) in [5, 5.41) is 14.3. The summed E-state index contributed by atoms with van der Waals surface area (Å²) in [5.74, 6) is 1.36. The third-order valence-corrected chi connectivity index (χ3v) is 7.50. The molecule has 1 amide bonds. The molecule has 4 rings (SSSR count). The fourth-order valence-electron chi connectivity index (χ4n) is 2.74. The maximum Gasteiger partial charge on any atom is 0.285 e. The van der Waals surface area contributed by atoms with E-state index < -0.39 is 10.0 Å². The normalized spacial score (nSPS) is 13.9. The van der Waals surface area contributed by atoms with Gasteiger partial charge in [0.1, 0.15) is 10.6 Å². The SMILES string of the molecule is COc1ccc(NC(=O)CCSc2nnc(NC3=NS(=O)(=O)c4ccccc43)s2)cc1. The van der Waals surface area contributed by atoms with Gasteiger partial charge in [-0.25, -0.2) is 0 Å². The Kier molecular flexibility index (Phi) is 6.20. The molecule has 0 bridgehead atoms. The molecule has 0 aliphatic carbocycles. The highest BCUT2D eigenvalue weighted by molar-refractivity contribution is 8.01. The first-order chi connectivity index (χ1) is 14.9. The van der Waals surface area contributed by atoms with Crippen LogP contribution in [-0.2, 0) is 14.8 Å². The van der Waals surface area contributed by atoms with E-state index in [4.69, 9.17) is 4.74 Å². The van der Waals surface area contributed by atoms with Gasteiger partial charge in [0.15, 0.2) is 10.2 Å². The number of carbonyl (C=O) groups excluding carboxylic acids is 1. The fraction of sp³-hybridized carbons (Fsp3) is 0.158. The maximum absolute atomic E-state index is 12.1. The fourth-order valence-corrected chi connectivity index (χ4v) is 5.68. The number of benzene rings is 2. The summed E-state index contributed by atoms with van der Waals surface area (Å²) in [6, 6.07) is 13.7. The highest BCUT2D eigenvalue weighted by Crippen LogP contribution is 2.30. The molecule has 0 radical (unpaired) electrons. The second kappa shape index (κ2) is 9.04. The predicted octanol–water partition coefficient (Wildman–Crippen LogP) is 3.23. The topological polar surface area (TPSA) is 123 Å². The number of amidine groups is 1. The van der Waals surface area contributed by atoms with Crippen LogP contribution in [0.25, 0.3) is 0 Å². The first-order valence-corrected chi connectivity index (χ1v) is 12.3. The van der Waals surface area contributed by atoms with Gasteiger partial charge in [0, 0.05) is 23.4 Å². The molecule has 2 heterocycles. The lowest BCUT2D eigenvalue weighted by Gasteiger charge is -2.05. The molecule has 1 aliphatic rings. The van der Waals surface area contributed by atoms with E-state index >= 15 is 0 Å². The number of nitrogens with zero attached hydrogens (tertiary/aromatic N) is 3. The number of carbonyl (C=O) groups is 1. The Balaban J connectivity index is 1.29. The Morgan fingerprint density at radius 3 is 2.68 bits per heavy atom. The van der Waals surface area contributed by atoms with E-state index in [1.54, 1.807) is 49.6 Å². The minimum absolute atomic E-state index is 0.109. The molecule has 0 spiro atoms. The number of ether oxygens (including phenoxy) is 1. The molecule has 31 heavy (non-hydrogen) atoms. The minimum atomic E-state index is -3.70. The molecule has 12 heteroatoms. The van der Waals surface area contributed by atoms with E-state index in [1.807, 2.05) is 0 Å². The second-order valence-electron chi connectivity index (χ2n) is 6.28. The van der Waals surface area contributed by atoms with Gasteiger partial charge in [-0.05, 0) is 36.4 Å². The third kappa shape index (κ3) is 5.03. The number of hydrogen-bond acceptors (Lipinski definition) is 9. The molecule has 160 valence electrons. The van der Waals surface area contributed by atoms with Gasteiger partial charge in [0.25, 0.3) is 10.0 Å². The van der Waals surface area contributed by atoms with Crippen LogP contribution in [0.5, 0.6) is 5.75 Å². The zero-order valence-corrected chi connectivity index (χ0v) is 18.7. The molecule has 9 nitrogen and oxygen atoms in total. The first-order valence-electron chi connectivity index (χ1n) is 9.06. The van der Waals surface area contributed by atoms with Gasteiger partial charge in [-0.3, -0.25) is 4.79 Å². The lowest BCUT2D eigenvalue weighted by Crippen LogP contribution is -2.12. The molecule has 0 atom stereocenters. The molecule has 1 aliphatic heterocycles. The number of nitrogens with one attached hydrogen (secondary N) is 2. The van der Waals surface area contributed by atoms with Gasteiger partial charge in [0.2, 0.25) is 11.0 Å². The Morgan fingerprint density at radius 2 is 1.90 bits per heavy atom. The molecular formula is C19H17N5O4S3. The van der Waals surface area contributed by atoms with Crippen LogP contribution < -0.4 is 15.4 Å². The van der Waals surface area contributed by atoms with Crippen LogP contribution in [0.4, 0.5) is 10.8 Å². The van der Waals surface area contributed by atoms with E-state index in [9.17, 15) is 13.2 Å². The summed E-state index contributed by atoms with van der Waals surface area (Å²) in [5.41, 5.74) is 1.20. The summed E-state index contributed by atoms with van der Waals surface area (Å²) >= 11 is 2.66. The van der Waals surface area contributed by atoms with Crippen molar-refractivity contribution in [3.63, 3.8) is 0 Å². The molecule has 0 saturated heterocycles. The molecule has 1 aromatic heterocycles. The van der Waals surface area contributed by atoms with Gasteiger partial charge in [-0.2, -0.15) is 8.42 Å². The molecule has 3 aromatic rings. The summed E-state index contributed by atoms with van der Waals surface area (Å²) in [6.07, 6.45) is 0.303. The Labute approximate surface area is 187 Å². The van der Waals surface area contributed by atoms with Crippen molar-refractivity contribution in [3.8, 4) is 5.75 Å². The van der Waals surface area contributed by atoms with Crippen LogP contribution in [0, 0.1) is 0 Å². The van der Waals surface area contributed by atoms with Crippen molar-refractivity contribution in [2.75, 3.05) is 23.5 Å². The summed E-state index contributed by atoms with van der Waals surface area (Å²) in [7, 11) is -2.11. The van der Waals surface area contributed by atoms with Crippen LogP contribution in [0.1, 0.15) is 12.0 Å². The first kappa shape index (κ1) is 21.3. The average molecular weight is 476 g/mol. The van der Waals surface area contributed by atoms with Crippen molar-refractivity contribution in [3.05, 3.63) is 54.1 Å². The smallest absolute Gasteiger partial charge is 0.285 e. The molecule has 2 aromatic carbocycles. The molecule has 0 fully saturated rings. The van der Waals surface area contributed by atoms with Gasteiger partial charge >= 0.3 is 0 Å². The molecule has 2 N–H and O–H groups in total. The monoisotopic (exact) mass is 475 g/mol. The van der Waals surface area contributed by atoms with Gasteiger partial charge in [0.05, 0.1) is 7.11 Å². The number of aromatic nitrogens is 2. The summed E-state index contributed by atoms with van der Waals surface area (Å²) < 4.78 is 33.8. The number of anilines is 2. The van der Waals surface area contributed by atoms with E-state index in [-0.39, 0.29) is 16.6 Å². The zero-order valence-electron chi connectivity index (χ0n) is 16.2. The zero-order chi connectivity index (χ0) is 21.8. The van der Waals surface area contributed by atoms with E-state index in [0.29, 0.717) is 32.9 Å². The quantitative estimate of drug-likeness (QED) is 0.500. The number of thioether (sulfide) groups is 1. The van der Waals surface area contributed by atoms with E-state index in [1.165, 1.54) is 29.2 Å². The second-order valence-corrected chi connectivity index (χ2v) is 10.2. The van der Waals surface area contributed by atoms with Gasteiger partial charge in [-0.1, -0.05) is 35.2 Å². The van der Waals surface area contributed by atoms with Gasteiger partial charge in [-0.15, -0.1) is 14.6 Å². The molecule has 0 saturated carbocycles. The van der Waals surface area contributed by atoms with Crippen molar-refractivity contribution in [1.29, 1.82) is 0 Å². The van der Waals surface area contributed by atoms with Crippen LogP contribution >= 0.6 is 23.1 Å². The molecule has 0 unspecified atom stereocenters. The van der Waals surface area contributed by atoms with Crippen LogP contribution in [0.3, 0.4) is 0 Å². The highest BCUT2D eigenvalue weighted by atomic mass is 32.2. The number of hydrogen-bond donors (Lipinski definition) is 2. The third-order valence-electron chi connectivity index (χ3n) is 4.19. The van der Waals surface area contributed by atoms with E-state index in [2.05, 4.69) is 25.2 Å². The predicted molar refractivity (Wildman–Crippen MR) is 121 cm³/mol. The average Bonchev–Trinajstić information content (AvgIpc) is 3.31. The standard InChI is InChI=1S/C19H17N5O4S3/c1-28-13-8-6-12(7-9-13)20-16(25)10-11-29-19-23-22-18(30-19)21-17-14-4-2-3-5-15(14)31(26,27)24-17/h2-9H,10-11H2,1H3,(H,20,25)(H,21,22,24). The van der Waals surface area contributed by atoms with E-state index in [0.717, 1.165) is 5.75 Å². The molecular weight excluding hydrogens is 458 g/mol. The van der Waals surface area contributed by atoms with Gasteiger partial charge < -0.3 is 15.4 Å². The van der Waals surface area contributed by atoms with Crippen LogP contribution in [0.15, 0.2) is 62.2 Å². The number of fused-ring (bicyclic) bond motifs is 1. The van der Waals surface area contributed by atoms with Crippen molar-refractivity contribution >= 4 is 55.7 Å². The lowest BCUT2D eigenvalue weighted by molar-refractivity contribution is -0.115. The Bertz CT molecular complexity index is 1240. The Hall–Kier alpha value is -2.96. The van der Waals surface area contributed by atoms with Crippen LogP contribution in [-0.4, -0.2) is 43.2 Å². The van der Waals surface area contributed by atoms with Crippen molar-refractivity contribution in [1.82, 2.24) is 10.2 Å². The summed E-state index contributed by atoms with van der Waals surface area (Å²) in [4.78, 5) is 12.3. The van der Waals surface area contributed by atoms with Crippen molar-refractivity contribution in [2.45, 2.75) is 15.7 Å².